The minimum Gasteiger partial charge on any atom is -0.388 e. The number of carbonyl (C=O) groups is 1. The molecule has 0 aliphatic rings. The molecule has 0 aliphatic heterocycles. The van der Waals surface area contributed by atoms with E-state index >= 15 is 0 Å². The summed E-state index contributed by atoms with van der Waals surface area (Å²) in [6.07, 6.45) is 0.341. The van der Waals surface area contributed by atoms with Crippen molar-refractivity contribution in [3.63, 3.8) is 0 Å². The van der Waals surface area contributed by atoms with Crippen LogP contribution in [0.2, 0.25) is 0 Å². The van der Waals surface area contributed by atoms with E-state index in [1.165, 1.54) is 5.56 Å². The quantitative estimate of drug-likeness (QED) is 0.798. The van der Waals surface area contributed by atoms with Crippen LogP contribution in [-0.2, 0) is 16.0 Å². The van der Waals surface area contributed by atoms with Gasteiger partial charge in [-0.05, 0) is 30.5 Å². The van der Waals surface area contributed by atoms with E-state index in [9.17, 15) is 4.79 Å². The van der Waals surface area contributed by atoms with Gasteiger partial charge in [0, 0.05) is 14.2 Å². The molecule has 0 saturated heterocycles. The average Bonchev–Trinajstić information content (AvgIpc) is 2.65. The molecule has 142 valence electrons. The molecule has 0 aliphatic carbocycles. The van der Waals surface area contributed by atoms with Crippen molar-refractivity contribution >= 4 is 5.91 Å². The van der Waals surface area contributed by atoms with E-state index in [2.05, 4.69) is 4.74 Å². The molecule has 25 heavy (non-hydrogen) atoms. The van der Waals surface area contributed by atoms with Gasteiger partial charge in [-0.1, -0.05) is 82.3 Å². The second kappa shape index (κ2) is 21.9. The molecule has 1 amide bonds. The molecule has 2 aromatic carbocycles. The number of benzene rings is 2. The van der Waals surface area contributed by atoms with Gasteiger partial charge in [0.2, 0.25) is 5.91 Å². The third-order valence-corrected chi connectivity index (χ3v) is 2.75. The zero-order valence-corrected chi connectivity index (χ0v) is 17.3. The lowest BCUT2D eigenvalue weighted by atomic mass is 10.0. The zero-order chi connectivity index (χ0) is 20.1. The molecular formula is C22H37NO2. The van der Waals surface area contributed by atoms with Gasteiger partial charge in [0.15, 0.2) is 0 Å². The van der Waals surface area contributed by atoms with Crippen LogP contribution in [0.15, 0.2) is 54.6 Å². The first kappa shape index (κ1) is 27.7. The van der Waals surface area contributed by atoms with Crippen LogP contribution in [0.5, 0.6) is 0 Å². The lowest BCUT2D eigenvalue weighted by molar-refractivity contribution is -0.117. The summed E-state index contributed by atoms with van der Waals surface area (Å²) in [4.78, 5) is 10.7. The molecular weight excluding hydrogens is 310 g/mol. The van der Waals surface area contributed by atoms with Crippen LogP contribution in [0.3, 0.4) is 0 Å². The van der Waals surface area contributed by atoms with Crippen molar-refractivity contribution in [1.82, 2.24) is 0 Å². The van der Waals surface area contributed by atoms with Gasteiger partial charge >= 0.3 is 0 Å². The first-order chi connectivity index (χ1) is 12.0. The molecule has 0 atom stereocenters. The van der Waals surface area contributed by atoms with E-state index in [1.54, 1.807) is 14.2 Å². The number of hydrogen-bond donors (Lipinski definition) is 1. The number of nitrogens with two attached hydrogens (primary N) is 1. The van der Waals surface area contributed by atoms with Crippen molar-refractivity contribution in [3.05, 3.63) is 71.3 Å². The van der Waals surface area contributed by atoms with E-state index in [-0.39, 0.29) is 5.91 Å². The number of ether oxygens (including phenoxy) is 1. The fourth-order valence-corrected chi connectivity index (χ4v) is 1.58. The maximum absolute atomic E-state index is 10.7. The van der Waals surface area contributed by atoms with Gasteiger partial charge < -0.3 is 10.5 Å². The van der Waals surface area contributed by atoms with Crippen LogP contribution in [-0.4, -0.2) is 20.1 Å². The van der Waals surface area contributed by atoms with Crippen molar-refractivity contribution in [2.45, 2.75) is 48.0 Å². The molecule has 0 heterocycles. The summed E-state index contributed by atoms with van der Waals surface area (Å²) < 4.78 is 4.25. The number of primary amides is 1. The molecule has 2 rings (SSSR count). The van der Waals surface area contributed by atoms with Gasteiger partial charge in [-0.3, -0.25) is 4.79 Å². The summed E-state index contributed by atoms with van der Waals surface area (Å²) in [6, 6.07) is 17.9. The monoisotopic (exact) mass is 347 g/mol. The number of rotatable bonds is 2. The second-order valence-corrected chi connectivity index (χ2v) is 4.57. The minimum atomic E-state index is -0.274. The largest absolute Gasteiger partial charge is 0.388 e. The molecule has 2 aromatic rings. The van der Waals surface area contributed by atoms with Crippen molar-refractivity contribution < 1.29 is 9.53 Å². The molecule has 0 saturated carbocycles. The molecule has 0 spiro atoms. The highest BCUT2D eigenvalue weighted by atomic mass is 16.4. The Labute approximate surface area is 155 Å². The number of methoxy groups -OCH3 is 1. The summed E-state index contributed by atoms with van der Waals surface area (Å²) in [5, 5.41) is 0. The van der Waals surface area contributed by atoms with Crippen molar-refractivity contribution in [3.8, 4) is 0 Å². The van der Waals surface area contributed by atoms with Crippen LogP contribution >= 0.6 is 0 Å². The van der Waals surface area contributed by atoms with Crippen LogP contribution in [0.25, 0.3) is 0 Å². The van der Waals surface area contributed by atoms with Crippen molar-refractivity contribution in [2.24, 2.45) is 5.73 Å². The van der Waals surface area contributed by atoms with Gasteiger partial charge in [0.25, 0.3) is 0 Å². The Hall–Kier alpha value is -2.13. The Balaban J connectivity index is -0.000000312. The summed E-state index contributed by atoms with van der Waals surface area (Å²) in [6.45, 7) is 12.0. The molecule has 0 unspecified atom stereocenters. The number of hydrogen-bond acceptors (Lipinski definition) is 2. The topological polar surface area (TPSA) is 52.3 Å². The third-order valence-electron chi connectivity index (χ3n) is 2.75. The summed E-state index contributed by atoms with van der Waals surface area (Å²) in [5.74, 6) is -0.274. The van der Waals surface area contributed by atoms with Gasteiger partial charge in [0.05, 0.1) is 6.42 Å². The molecule has 3 heteroatoms. The van der Waals surface area contributed by atoms with Gasteiger partial charge in [-0.2, -0.15) is 0 Å². The van der Waals surface area contributed by atoms with E-state index in [1.807, 2.05) is 96.1 Å². The molecule has 0 aromatic heterocycles. The molecule has 0 fully saturated rings. The highest BCUT2D eigenvalue weighted by molar-refractivity contribution is 5.77. The maximum Gasteiger partial charge on any atom is 0.221 e. The van der Waals surface area contributed by atoms with Crippen LogP contribution < -0.4 is 5.73 Å². The standard InChI is InChI=1S/C10H13NO.C6H6.C2H6O.2C2H6/c1-7-4-3-5-9(8(7)2)6-10(11)12;1-2-4-6-5-3-1;1-3-2;2*1-2/h3-5H,6H2,1-2H3,(H2,11,12);1-6H;1-2H3;2*1-2H3. The van der Waals surface area contributed by atoms with Crippen molar-refractivity contribution in [1.29, 1.82) is 0 Å². The van der Waals surface area contributed by atoms with E-state index in [0.717, 1.165) is 11.1 Å². The molecule has 0 radical (unpaired) electrons. The van der Waals surface area contributed by atoms with Crippen LogP contribution in [0, 0.1) is 13.8 Å². The smallest absolute Gasteiger partial charge is 0.221 e. The van der Waals surface area contributed by atoms with E-state index < -0.39 is 0 Å². The Bertz CT molecular complexity index is 484. The predicted octanol–water partition coefficient (Wildman–Crippen LogP) is 5.33. The first-order valence-corrected chi connectivity index (χ1v) is 8.76. The summed E-state index contributed by atoms with van der Waals surface area (Å²) in [7, 11) is 3.25. The fraction of sp³-hybridized carbons (Fsp3) is 0.409. The Kier molecular flexibility index (Phi) is 24.2. The van der Waals surface area contributed by atoms with Gasteiger partial charge in [-0.25, -0.2) is 0 Å². The lowest BCUT2D eigenvalue weighted by Gasteiger charge is -2.05. The first-order valence-electron chi connectivity index (χ1n) is 8.76. The normalized spacial score (nSPS) is 7.84. The Morgan fingerprint density at radius 1 is 0.840 bits per heavy atom. The SMILES string of the molecule is CC.CC.COC.Cc1cccc(CC(N)=O)c1C.c1ccccc1. The highest BCUT2D eigenvalue weighted by Crippen LogP contribution is 2.12. The lowest BCUT2D eigenvalue weighted by Crippen LogP contribution is -2.14. The Morgan fingerprint density at radius 3 is 1.52 bits per heavy atom. The molecule has 0 bridgehead atoms. The minimum absolute atomic E-state index is 0.274. The summed E-state index contributed by atoms with van der Waals surface area (Å²) in [5.41, 5.74) is 8.50. The highest BCUT2D eigenvalue weighted by Gasteiger charge is 2.02. The third kappa shape index (κ3) is 18.1. The van der Waals surface area contributed by atoms with Crippen LogP contribution in [0.4, 0.5) is 0 Å². The van der Waals surface area contributed by atoms with Crippen LogP contribution in [0.1, 0.15) is 44.4 Å². The predicted molar refractivity (Wildman–Crippen MR) is 111 cm³/mol. The van der Waals surface area contributed by atoms with E-state index in [0.29, 0.717) is 6.42 Å². The van der Waals surface area contributed by atoms with Gasteiger partial charge in [0.1, 0.15) is 0 Å². The maximum atomic E-state index is 10.7. The number of amides is 1. The van der Waals surface area contributed by atoms with Gasteiger partial charge in [-0.15, -0.1) is 0 Å². The fourth-order valence-electron chi connectivity index (χ4n) is 1.58. The number of aryl methyl sites for hydroxylation is 1. The summed E-state index contributed by atoms with van der Waals surface area (Å²) >= 11 is 0. The average molecular weight is 348 g/mol. The number of carbonyl (C=O) groups excluding carboxylic acids is 1. The van der Waals surface area contributed by atoms with E-state index in [4.69, 9.17) is 5.73 Å². The zero-order valence-electron chi connectivity index (χ0n) is 17.3. The van der Waals surface area contributed by atoms with Crippen molar-refractivity contribution in [2.75, 3.05) is 14.2 Å². The molecule has 3 nitrogen and oxygen atoms in total. The molecule has 2 N–H and O–H groups in total. The Morgan fingerprint density at radius 2 is 1.20 bits per heavy atom. The second-order valence-electron chi connectivity index (χ2n) is 4.57.